The molecule has 0 unspecified atom stereocenters. The monoisotopic (exact) mass is 354 g/mol. The lowest BCUT2D eigenvalue weighted by atomic mass is 9.72. The minimum Gasteiger partial charge on any atom is -0.497 e. The van der Waals surface area contributed by atoms with Gasteiger partial charge < -0.3 is 9.84 Å². The summed E-state index contributed by atoms with van der Waals surface area (Å²) in [6, 6.07) is 5.78. The van der Waals surface area contributed by atoms with E-state index in [1.165, 1.54) is 6.42 Å². The van der Waals surface area contributed by atoms with Crippen molar-refractivity contribution in [3.63, 3.8) is 0 Å². The molecule has 1 aromatic rings. The zero-order valence-corrected chi connectivity index (χ0v) is 14.1. The molecule has 1 aliphatic carbocycles. The van der Waals surface area contributed by atoms with E-state index in [1.54, 1.807) is 7.11 Å². The van der Waals surface area contributed by atoms with Gasteiger partial charge in [-0.1, -0.05) is 48.0 Å². The van der Waals surface area contributed by atoms with Crippen LogP contribution in [0, 0.1) is 5.41 Å². The molecule has 4 heteroatoms. The first-order chi connectivity index (χ1) is 10.1. The van der Waals surface area contributed by atoms with Gasteiger partial charge in [-0.05, 0) is 43.0 Å². The quantitative estimate of drug-likeness (QED) is 0.843. The highest BCUT2D eigenvalue weighted by Gasteiger charge is 2.38. The first-order valence-electron chi connectivity index (χ1n) is 7.63. The van der Waals surface area contributed by atoms with Crippen molar-refractivity contribution in [2.75, 3.05) is 7.11 Å². The third kappa shape index (κ3) is 4.00. The number of carboxylic acids is 1. The van der Waals surface area contributed by atoms with Crippen LogP contribution >= 0.6 is 15.9 Å². The molecule has 0 amide bonds. The maximum atomic E-state index is 12.0. The highest BCUT2D eigenvalue weighted by atomic mass is 79.9. The van der Waals surface area contributed by atoms with Gasteiger partial charge in [-0.15, -0.1) is 0 Å². The number of halogens is 1. The third-order valence-electron chi connectivity index (χ3n) is 4.55. The predicted octanol–water partition coefficient (Wildman–Crippen LogP) is 4.82. The highest BCUT2D eigenvalue weighted by molar-refractivity contribution is 9.10. The van der Waals surface area contributed by atoms with Gasteiger partial charge in [0.2, 0.25) is 0 Å². The number of ether oxygens (including phenoxy) is 1. The van der Waals surface area contributed by atoms with E-state index in [9.17, 15) is 9.90 Å². The van der Waals surface area contributed by atoms with Crippen molar-refractivity contribution in [3.05, 3.63) is 28.2 Å². The van der Waals surface area contributed by atoms with E-state index in [0.29, 0.717) is 6.42 Å². The molecule has 0 bridgehead atoms. The molecule has 0 aromatic heterocycles. The van der Waals surface area contributed by atoms with E-state index in [2.05, 4.69) is 15.9 Å². The van der Waals surface area contributed by atoms with E-state index in [4.69, 9.17) is 4.74 Å². The van der Waals surface area contributed by atoms with Crippen LogP contribution in [0.3, 0.4) is 0 Å². The van der Waals surface area contributed by atoms with Gasteiger partial charge in [-0.3, -0.25) is 4.79 Å². The zero-order chi connectivity index (χ0) is 15.3. The summed E-state index contributed by atoms with van der Waals surface area (Å²) < 4.78 is 6.23. The number of benzene rings is 1. The van der Waals surface area contributed by atoms with Gasteiger partial charge in [0.15, 0.2) is 0 Å². The van der Waals surface area contributed by atoms with Crippen LogP contribution in [0.1, 0.15) is 50.5 Å². The summed E-state index contributed by atoms with van der Waals surface area (Å²) in [6.45, 7) is 0. The first-order valence-corrected chi connectivity index (χ1v) is 8.42. The van der Waals surface area contributed by atoms with Crippen LogP contribution in [-0.4, -0.2) is 18.2 Å². The Hall–Kier alpha value is -1.03. The topological polar surface area (TPSA) is 46.5 Å². The van der Waals surface area contributed by atoms with Crippen LogP contribution in [0.4, 0.5) is 0 Å². The van der Waals surface area contributed by atoms with Crippen LogP contribution in [0.25, 0.3) is 0 Å². The van der Waals surface area contributed by atoms with Gasteiger partial charge >= 0.3 is 5.97 Å². The van der Waals surface area contributed by atoms with Crippen molar-refractivity contribution < 1.29 is 14.6 Å². The standard InChI is InChI=1S/C17H23BrO3/c1-21-14-7-8-15(18)13(11-14)12-17(16(19)20)9-5-3-2-4-6-10-17/h7-8,11H,2-6,9-10,12H2,1H3,(H,19,20). The van der Waals surface area contributed by atoms with E-state index in [-0.39, 0.29) is 0 Å². The Bertz CT molecular complexity index is 491. The van der Waals surface area contributed by atoms with Crippen LogP contribution in [0.2, 0.25) is 0 Å². The summed E-state index contributed by atoms with van der Waals surface area (Å²) in [7, 11) is 1.63. The second-order valence-electron chi connectivity index (χ2n) is 5.99. The van der Waals surface area contributed by atoms with E-state index >= 15 is 0 Å². The fraction of sp³-hybridized carbons (Fsp3) is 0.588. The normalized spacial score (nSPS) is 18.6. The number of aliphatic carboxylic acids is 1. The first kappa shape index (κ1) is 16.3. The largest absolute Gasteiger partial charge is 0.497 e. The number of carbonyl (C=O) groups is 1. The van der Waals surface area contributed by atoms with Crippen molar-refractivity contribution in [2.24, 2.45) is 5.41 Å². The van der Waals surface area contributed by atoms with Crippen LogP contribution in [0.5, 0.6) is 5.75 Å². The number of carboxylic acid groups (broad SMARTS) is 1. The molecule has 1 aromatic carbocycles. The molecule has 0 saturated heterocycles. The minimum atomic E-state index is -0.654. The number of hydrogen-bond acceptors (Lipinski definition) is 2. The van der Waals surface area contributed by atoms with Crippen molar-refractivity contribution in [1.82, 2.24) is 0 Å². The molecule has 3 nitrogen and oxygen atoms in total. The summed E-state index contributed by atoms with van der Waals surface area (Å²) in [4.78, 5) is 12.0. The Kier molecular flexibility index (Phi) is 5.68. The maximum Gasteiger partial charge on any atom is 0.309 e. The predicted molar refractivity (Wildman–Crippen MR) is 86.8 cm³/mol. The van der Waals surface area contributed by atoms with E-state index in [0.717, 1.165) is 54.3 Å². The molecule has 0 atom stereocenters. The SMILES string of the molecule is COc1ccc(Br)c(CC2(C(=O)O)CCCCCCC2)c1. The van der Waals surface area contributed by atoms with Gasteiger partial charge in [0.25, 0.3) is 0 Å². The van der Waals surface area contributed by atoms with Crippen LogP contribution < -0.4 is 4.74 Å². The van der Waals surface area contributed by atoms with Gasteiger partial charge in [-0.25, -0.2) is 0 Å². The third-order valence-corrected chi connectivity index (χ3v) is 5.32. The summed E-state index contributed by atoms with van der Waals surface area (Å²) >= 11 is 3.55. The molecule has 1 saturated carbocycles. The molecule has 116 valence electrons. The molecular formula is C17H23BrO3. The lowest BCUT2D eigenvalue weighted by Gasteiger charge is -2.32. The van der Waals surface area contributed by atoms with Crippen molar-refractivity contribution in [2.45, 2.75) is 51.4 Å². The second kappa shape index (κ2) is 7.30. The number of methoxy groups -OCH3 is 1. The van der Waals surface area contributed by atoms with E-state index < -0.39 is 11.4 Å². The minimum absolute atomic E-state index is 0.570. The molecule has 1 fully saturated rings. The average molecular weight is 355 g/mol. The fourth-order valence-electron chi connectivity index (χ4n) is 3.23. The molecular weight excluding hydrogens is 332 g/mol. The maximum absolute atomic E-state index is 12.0. The molecule has 0 radical (unpaired) electrons. The molecule has 0 spiro atoms. The zero-order valence-electron chi connectivity index (χ0n) is 12.5. The number of rotatable bonds is 4. The lowest BCUT2D eigenvalue weighted by Crippen LogP contribution is -2.34. The van der Waals surface area contributed by atoms with Crippen LogP contribution in [-0.2, 0) is 11.2 Å². The van der Waals surface area contributed by atoms with Crippen LogP contribution in [0.15, 0.2) is 22.7 Å². The van der Waals surface area contributed by atoms with Crippen molar-refractivity contribution in [3.8, 4) is 5.75 Å². The lowest BCUT2D eigenvalue weighted by molar-refractivity contribution is -0.150. The Morgan fingerprint density at radius 2 is 1.86 bits per heavy atom. The van der Waals surface area contributed by atoms with Gasteiger partial charge in [0.1, 0.15) is 5.75 Å². The average Bonchev–Trinajstić information content (AvgIpc) is 2.43. The van der Waals surface area contributed by atoms with Crippen molar-refractivity contribution in [1.29, 1.82) is 0 Å². The Morgan fingerprint density at radius 1 is 1.24 bits per heavy atom. The molecule has 2 rings (SSSR count). The molecule has 1 N–H and O–H groups in total. The Morgan fingerprint density at radius 3 is 2.43 bits per heavy atom. The molecule has 1 aliphatic rings. The van der Waals surface area contributed by atoms with Gasteiger partial charge in [-0.2, -0.15) is 0 Å². The summed E-state index contributed by atoms with van der Waals surface area (Å²) in [5.74, 6) is 0.124. The van der Waals surface area contributed by atoms with Crippen molar-refractivity contribution >= 4 is 21.9 Å². The number of hydrogen-bond donors (Lipinski definition) is 1. The summed E-state index contributed by atoms with van der Waals surface area (Å²) in [5, 5.41) is 9.84. The van der Waals surface area contributed by atoms with E-state index in [1.807, 2.05) is 18.2 Å². The Labute approximate surface area is 134 Å². The fourth-order valence-corrected chi connectivity index (χ4v) is 3.61. The Balaban J connectivity index is 2.28. The summed E-state index contributed by atoms with van der Waals surface area (Å²) in [5.41, 5.74) is 0.396. The molecule has 0 heterocycles. The second-order valence-corrected chi connectivity index (χ2v) is 6.84. The van der Waals surface area contributed by atoms with Gasteiger partial charge in [0, 0.05) is 4.47 Å². The molecule has 21 heavy (non-hydrogen) atoms. The van der Waals surface area contributed by atoms with Gasteiger partial charge in [0.05, 0.1) is 12.5 Å². The smallest absolute Gasteiger partial charge is 0.309 e. The summed E-state index contributed by atoms with van der Waals surface area (Å²) in [6.07, 6.45) is 7.65. The highest BCUT2D eigenvalue weighted by Crippen LogP contribution is 2.39. The molecule has 0 aliphatic heterocycles.